The van der Waals surface area contributed by atoms with Gasteiger partial charge >= 0.3 is 17.2 Å². The van der Waals surface area contributed by atoms with Crippen molar-refractivity contribution in [2.24, 2.45) is 5.41 Å². The maximum Gasteiger partial charge on any atom is 0.334 e. The molecule has 0 bridgehead atoms. The SMILES string of the molecule is CCOCCOCCC(O)(COC(C)CO)C(CCOCCOCC)(CCOCCOCC)CCOCCOCC.OP(O)OP(O)O. The third-order valence-electron chi connectivity index (χ3n) is 7.14. The molecule has 0 spiro atoms. The monoisotopic (exact) mass is 744 g/mol. The average molecular weight is 745 g/mol. The number of ether oxygens (including phenoxy) is 9. The van der Waals surface area contributed by atoms with E-state index in [1.165, 1.54) is 0 Å². The Labute approximate surface area is 290 Å². The van der Waals surface area contributed by atoms with Crippen LogP contribution in [0, 0.1) is 5.41 Å². The number of hydrogen-bond acceptors (Lipinski definition) is 16. The maximum atomic E-state index is 12.4. The Morgan fingerprint density at radius 1 is 0.500 bits per heavy atom. The van der Waals surface area contributed by atoms with Gasteiger partial charge in [-0.3, -0.25) is 0 Å². The molecule has 0 heterocycles. The van der Waals surface area contributed by atoms with E-state index < -0.39 is 34.3 Å². The van der Waals surface area contributed by atoms with Crippen LogP contribution in [0.3, 0.4) is 0 Å². The van der Waals surface area contributed by atoms with Crippen molar-refractivity contribution in [1.82, 2.24) is 0 Å². The fraction of sp³-hybridized carbons (Fsp3) is 1.00. The van der Waals surface area contributed by atoms with Gasteiger partial charge < -0.3 is 72.4 Å². The minimum absolute atomic E-state index is 0.0282. The van der Waals surface area contributed by atoms with E-state index in [2.05, 4.69) is 4.31 Å². The Bertz CT molecular complexity index is 609. The molecule has 0 radical (unpaired) electrons. The van der Waals surface area contributed by atoms with Crippen molar-refractivity contribution in [2.45, 2.75) is 72.0 Å². The van der Waals surface area contributed by atoms with E-state index in [1.54, 1.807) is 6.92 Å². The number of rotatable bonds is 35. The molecular weight excluding hydrogens is 678 g/mol. The summed E-state index contributed by atoms with van der Waals surface area (Å²) in [5.74, 6) is 0. The summed E-state index contributed by atoms with van der Waals surface area (Å²) in [6, 6.07) is 0. The summed E-state index contributed by atoms with van der Waals surface area (Å²) in [5, 5.41) is 22.1. The molecule has 18 heteroatoms. The quantitative estimate of drug-likeness (QED) is 0.0406. The van der Waals surface area contributed by atoms with Crippen molar-refractivity contribution >= 4 is 17.2 Å². The Hall–Kier alpha value is 0.220. The Balaban J connectivity index is 0. The largest absolute Gasteiger partial charge is 0.394 e. The summed E-state index contributed by atoms with van der Waals surface area (Å²) in [7, 11) is -5.22. The van der Waals surface area contributed by atoms with Crippen LogP contribution in [0.2, 0.25) is 0 Å². The van der Waals surface area contributed by atoms with Crippen LogP contribution in [0.15, 0.2) is 0 Å². The van der Waals surface area contributed by atoms with Crippen LogP contribution in [0.25, 0.3) is 0 Å². The number of aliphatic hydroxyl groups excluding tert-OH is 1. The third kappa shape index (κ3) is 28.9. The molecule has 0 saturated heterocycles. The minimum atomic E-state index is -2.61. The van der Waals surface area contributed by atoms with E-state index >= 15 is 0 Å². The second kappa shape index (κ2) is 35.6. The highest BCUT2D eigenvalue weighted by Crippen LogP contribution is 2.45. The smallest absolute Gasteiger partial charge is 0.334 e. The van der Waals surface area contributed by atoms with Crippen molar-refractivity contribution in [3.05, 3.63) is 0 Å². The molecule has 0 fully saturated rings. The zero-order valence-electron chi connectivity index (χ0n) is 29.8. The number of aliphatic hydroxyl groups is 2. The maximum absolute atomic E-state index is 12.4. The molecule has 0 aliphatic rings. The predicted octanol–water partition coefficient (Wildman–Crippen LogP) is 2.30. The van der Waals surface area contributed by atoms with Crippen LogP contribution < -0.4 is 0 Å². The standard InChI is InChI=1S/C30H62O11.H4O5P2/c1-6-33-18-22-37-14-10-29(11-15-38-23-19-34-7-2,12-16-39-24-20-35-8-3)30(32,27-41-28(5)26-31)13-17-40-25-21-36-9-4;1-6(2)5-7(3)4/h28,31-32H,6-27H2,1-5H3;1-4H. The molecule has 0 aromatic heterocycles. The highest BCUT2D eigenvalue weighted by Gasteiger charge is 2.49. The summed E-state index contributed by atoms with van der Waals surface area (Å²) < 4.78 is 54.9. The zero-order valence-corrected chi connectivity index (χ0v) is 31.6. The van der Waals surface area contributed by atoms with Gasteiger partial charge in [0.15, 0.2) is 0 Å². The second-order valence-corrected chi connectivity index (χ2v) is 12.1. The average Bonchev–Trinajstić information content (AvgIpc) is 3.05. The highest BCUT2D eigenvalue weighted by atomic mass is 31.2. The molecule has 0 aromatic rings. The molecule has 16 nitrogen and oxygen atoms in total. The van der Waals surface area contributed by atoms with Crippen LogP contribution in [0.1, 0.15) is 60.3 Å². The van der Waals surface area contributed by atoms with Crippen LogP contribution >= 0.6 is 17.2 Å². The van der Waals surface area contributed by atoms with Gasteiger partial charge in [0.05, 0.1) is 77.8 Å². The van der Waals surface area contributed by atoms with Crippen molar-refractivity contribution in [3.63, 3.8) is 0 Å². The summed E-state index contributed by atoms with van der Waals surface area (Å²) in [5.41, 5.74) is -1.99. The summed E-state index contributed by atoms with van der Waals surface area (Å²) in [6.45, 7) is 17.5. The van der Waals surface area contributed by atoms with Crippen LogP contribution in [-0.2, 0) is 46.9 Å². The van der Waals surface area contributed by atoms with Gasteiger partial charge in [0.1, 0.15) is 0 Å². The van der Waals surface area contributed by atoms with Gasteiger partial charge in [-0.05, 0) is 53.9 Å². The minimum Gasteiger partial charge on any atom is -0.394 e. The topological polar surface area (TPSA) is 214 Å². The molecule has 0 saturated carbocycles. The lowest BCUT2D eigenvalue weighted by Gasteiger charge is -2.48. The molecule has 0 aliphatic heterocycles. The Kier molecular flexibility index (Phi) is 37.3. The highest BCUT2D eigenvalue weighted by molar-refractivity contribution is 7.53. The van der Waals surface area contributed by atoms with Crippen LogP contribution in [0.4, 0.5) is 0 Å². The van der Waals surface area contributed by atoms with E-state index in [9.17, 15) is 10.2 Å². The molecule has 292 valence electrons. The van der Waals surface area contributed by atoms with Crippen molar-refractivity contribution in [1.29, 1.82) is 0 Å². The van der Waals surface area contributed by atoms with E-state index in [1.807, 2.05) is 27.7 Å². The van der Waals surface area contributed by atoms with E-state index in [4.69, 9.17) is 62.2 Å². The molecule has 0 aromatic carbocycles. The van der Waals surface area contributed by atoms with Crippen LogP contribution in [0.5, 0.6) is 0 Å². The normalized spacial score (nSPS) is 13.9. The molecule has 2 unspecified atom stereocenters. The zero-order chi connectivity index (χ0) is 36.4. The summed E-state index contributed by atoms with van der Waals surface area (Å²) in [6.07, 6.45) is 1.55. The molecule has 6 N–H and O–H groups in total. The second-order valence-electron chi connectivity index (χ2n) is 10.4. The molecule has 2 atom stereocenters. The van der Waals surface area contributed by atoms with E-state index in [-0.39, 0.29) is 13.2 Å². The van der Waals surface area contributed by atoms with E-state index in [0.717, 1.165) is 0 Å². The first-order chi connectivity index (χ1) is 23.1. The lowest BCUT2D eigenvalue weighted by atomic mass is 9.64. The molecule has 48 heavy (non-hydrogen) atoms. The van der Waals surface area contributed by atoms with Gasteiger partial charge in [-0.2, -0.15) is 0 Å². The molecular formula is C30H66O16P2. The predicted molar refractivity (Wildman–Crippen MR) is 181 cm³/mol. The van der Waals surface area contributed by atoms with Crippen molar-refractivity contribution < 1.29 is 76.7 Å². The first-order valence-corrected chi connectivity index (χ1v) is 19.0. The van der Waals surface area contributed by atoms with Crippen LogP contribution in [-0.4, -0.2) is 160 Å². The third-order valence-corrected chi connectivity index (χ3v) is 8.30. The first-order valence-electron chi connectivity index (χ1n) is 16.7. The van der Waals surface area contributed by atoms with Gasteiger partial charge in [-0.15, -0.1) is 0 Å². The summed E-state index contributed by atoms with van der Waals surface area (Å²) in [4.78, 5) is 31.3. The van der Waals surface area contributed by atoms with Gasteiger partial charge in [-0.1, -0.05) is 0 Å². The summed E-state index contributed by atoms with van der Waals surface area (Å²) >= 11 is 0. The Morgan fingerprint density at radius 3 is 1.08 bits per heavy atom. The fourth-order valence-electron chi connectivity index (χ4n) is 4.46. The van der Waals surface area contributed by atoms with Gasteiger partial charge in [0.2, 0.25) is 0 Å². The molecule has 0 aliphatic carbocycles. The van der Waals surface area contributed by atoms with E-state index in [0.29, 0.717) is 131 Å². The van der Waals surface area contributed by atoms with Crippen molar-refractivity contribution in [3.8, 4) is 0 Å². The Morgan fingerprint density at radius 2 is 0.812 bits per heavy atom. The van der Waals surface area contributed by atoms with Gasteiger partial charge in [0, 0.05) is 64.7 Å². The van der Waals surface area contributed by atoms with Crippen molar-refractivity contribution in [2.75, 3.05) is 119 Å². The molecule has 0 rings (SSSR count). The first kappa shape index (κ1) is 50.3. The lowest BCUT2D eigenvalue weighted by Crippen LogP contribution is -2.55. The van der Waals surface area contributed by atoms with Gasteiger partial charge in [-0.25, -0.2) is 4.31 Å². The number of hydrogen-bond donors (Lipinski definition) is 6. The van der Waals surface area contributed by atoms with Gasteiger partial charge in [0.25, 0.3) is 0 Å². The lowest BCUT2D eigenvalue weighted by molar-refractivity contribution is -0.181. The fourth-order valence-corrected chi connectivity index (χ4v) is 4.98. The molecule has 0 amide bonds.